The van der Waals surface area contributed by atoms with Gasteiger partial charge in [-0.15, -0.1) is 0 Å². The van der Waals surface area contributed by atoms with Crippen LogP contribution in [0.25, 0.3) is 0 Å². The zero-order chi connectivity index (χ0) is 20.6. The Bertz CT molecular complexity index is 836. The lowest BCUT2D eigenvalue weighted by Crippen LogP contribution is -2.49. The van der Waals surface area contributed by atoms with E-state index in [1.165, 1.54) is 7.11 Å². The predicted octanol–water partition coefficient (Wildman–Crippen LogP) is 2.23. The Morgan fingerprint density at radius 3 is 2.38 bits per heavy atom. The van der Waals surface area contributed by atoms with Gasteiger partial charge in [-0.25, -0.2) is 0 Å². The highest BCUT2D eigenvalue weighted by atomic mass is 35.5. The summed E-state index contributed by atoms with van der Waals surface area (Å²) in [6.07, 6.45) is 0. The van der Waals surface area contributed by atoms with Crippen LogP contribution in [0, 0.1) is 0 Å². The normalized spacial score (nSPS) is 14.3. The van der Waals surface area contributed by atoms with Gasteiger partial charge in [0.1, 0.15) is 5.75 Å². The molecular weight excluding hydrogens is 392 g/mol. The number of hydrogen-bond acceptors (Lipinski definition) is 5. The first-order valence-corrected chi connectivity index (χ1v) is 9.89. The summed E-state index contributed by atoms with van der Waals surface area (Å²) >= 11 is 5.94. The second-order valence-corrected chi connectivity index (χ2v) is 7.15. The summed E-state index contributed by atoms with van der Waals surface area (Å²) in [5.74, 6) is -0.857. The van der Waals surface area contributed by atoms with Crippen LogP contribution in [0.3, 0.4) is 0 Å². The number of ether oxygens (including phenoxy) is 1. The molecule has 0 aliphatic carbocycles. The van der Waals surface area contributed by atoms with Crippen LogP contribution < -0.4 is 20.3 Å². The van der Waals surface area contributed by atoms with Crippen molar-refractivity contribution in [1.29, 1.82) is 0 Å². The third kappa shape index (κ3) is 5.85. The fourth-order valence-electron chi connectivity index (χ4n) is 3.22. The molecule has 2 N–H and O–H groups in total. The van der Waals surface area contributed by atoms with Gasteiger partial charge in [-0.3, -0.25) is 14.5 Å². The number of carbonyl (C=O) groups is 2. The van der Waals surface area contributed by atoms with Gasteiger partial charge in [0.25, 0.3) is 0 Å². The van der Waals surface area contributed by atoms with Crippen LogP contribution in [-0.4, -0.2) is 63.1 Å². The molecule has 2 aromatic carbocycles. The lowest BCUT2D eigenvalue weighted by Gasteiger charge is -2.36. The Morgan fingerprint density at radius 2 is 1.69 bits per heavy atom. The number of halogens is 1. The van der Waals surface area contributed by atoms with Crippen molar-refractivity contribution in [1.82, 2.24) is 10.2 Å². The van der Waals surface area contributed by atoms with Crippen molar-refractivity contribution in [3.8, 4) is 5.75 Å². The molecule has 29 heavy (non-hydrogen) atoms. The van der Waals surface area contributed by atoms with Crippen molar-refractivity contribution in [2.75, 3.05) is 56.6 Å². The molecule has 2 aromatic rings. The lowest BCUT2D eigenvalue weighted by atomic mass is 10.2. The molecule has 0 unspecified atom stereocenters. The summed E-state index contributed by atoms with van der Waals surface area (Å²) < 4.78 is 5.17. The minimum atomic E-state index is -0.706. The first-order chi connectivity index (χ1) is 14.1. The summed E-state index contributed by atoms with van der Waals surface area (Å²) in [7, 11) is 1.51. The summed E-state index contributed by atoms with van der Waals surface area (Å²) in [5.41, 5.74) is 1.63. The monoisotopic (exact) mass is 416 g/mol. The van der Waals surface area contributed by atoms with Gasteiger partial charge in [-0.05, 0) is 36.4 Å². The van der Waals surface area contributed by atoms with Gasteiger partial charge in [0.15, 0.2) is 0 Å². The number of methoxy groups -OCH3 is 1. The number of benzene rings is 2. The maximum Gasteiger partial charge on any atom is 0.313 e. The van der Waals surface area contributed by atoms with E-state index < -0.39 is 11.8 Å². The highest BCUT2D eigenvalue weighted by Gasteiger charge is 2.19. The molecule has 0 atom stereocenters. The smallest absolute Gasteiger partial charge is 0.313 e. The van der Waals surface area contributed by atoms with Gasteiger partial charge in [-0.2, -0.15) is 0 Å². The molecule has 0 spiro atoms. The molecule has 0 saturated carbocycles. The molecule has 2 amide bonds. The molecule has 3 rings (SSSR count). The van der Waals surface area contributed by atoms with Crippen LogP contribution in [0.1, 0.15) is 0 Å². The van der Waals surface area contributed by atoms with Gasteiger partial charge in [0.2, 0.25) is 0 Å². The number of para-hydroxylation sites is 2. The largest absolute Gasteiger partial charge is 0.495 e. The number of rotatable bonds is 6. The van der Waals surface area contributed by atoms with Crippen molar-refractivity contribution in [2.24, 2.45) is 0 Å². The maximum absolute atomic E-state index is 12.1. The third-order valence-corrected chi connectivity index (χ3v) is 5.09. The van der Waals surface area contributed by atoms with E-state index in [1.807, 2.05) is 24.3 Å². The first kappa shape index (κ1) is 21.0. The summed E-state index contributed by atoms with van der Waals surface area (Å²) in [6.45, 7) is 4.72. The molecule has 1 fully saturated rings. The molecule has 8 heteroatoms. The van der Waals surface area contributed by atoms with E-state index in [0.29, 0.717) is 24.5 Å². The fourth-order valence-corrected chi connectivity index (χ4v) is 3.34. The van der Waals surface area contributed by atoms with Crippen molar-refractivity contribution in [3.05, 3.63) is 53.6 Å². The summed E-state index contributed by atoms with van der Waals surface area (Å²) in [6, 6.07) is 14.8. The summed E-state index contributed by atoms with van der Waals surface area (Å²) in [5, 5.41) is 5.98. The number of piperazine rings is 1. The standard InChI is InChI=1S/C21H25ClN4O3/c1-29-19-5-3-2-4-18(19)24-21(28)20(27)23-10-11-25-12-14-26(15-13-25)17-8-6-16(22)7-9-17/h2-9H,10-15H2,1H3,(H,23,27)(H,24,28). The van der Waals surface area contributed by atoms with Crippen LogP contribution >= 0.6 is 11.6 Å². The molecule has 154 valence electrons. The maximum atomic E-state index is 12.1. The highest BCUT2D eigenvalue weighted by molar-refractivity contribution is 6.39. The Kier molecular flexibility index (Phi) is 7.32. The van der Waals surface area contributed by atoms with Crippen molar-refractivity contribution in [3.63, 3.8) is 0 Å². The second-order valence-electron chi connectivity index (χ2n) is 6.72. The van der Waals surface area contributed by atoms with E-state index in [2.05, 4.69) is 20.4 Å². The van der Waals surface area contributed by atoms with Crippen LogP contribution in [0.2, 0.25) is 5.02 Å². The topological polar surface area (TPSA) is 73.9 Å². The van der Waals surface area contributed by atoms with E-state index in [1.54, 1.807) is 24.3 Å². The average molecular weight is 417 g/mol. The second kappa shape index (κ2) is 10.1. The van der Waals surface area contributed by atoms with E-state index in [-0.39, 0.29) is 0 Å². The summed E-state index contributed by atoms with van der Waals surface area (Å²) in [4.78, 5) is 28.7. The molecule has 0 radical (unpaired) electrons. The zero-order valence-corrected chi connectivity index (χ0v) is 17.1. The molecular formula is C21H25ClN4O3. The minimum Gasteiger partial charge on any atom is -0.495 e. The van der Waals surface area contributed by atoms with Gasteiger partial charge >= 0.3 is 11.8 Å². The highest BCUT2D eigenvalue weighted by Crippen LogP contribution is 2.22. The van der Waals surface area contributed by atoms with Crippen molar-refractivity contribution in [2.45, 2.75) is 0 Å². The Balaban J connectivity index is 1.38. The number of amides is 2. The Hall–Kier alpha value is -2.77. The van der Waals surface area contributed by atoms with Crippen molar-refractivity contribution < 1.29 is 14.3 Å². The molecule has 1 aliphatic heterocycles. The SMILES string of the molecule is COc1ccccc1NC(=O)C(=O)NCCN1CCN(c2ccc(Cl)cc2)CC1. The van der Waals surface area contributed by atoms with Crippen molar-refractivity contribution >= 4 is 34.8 Å². The molecule has 1 saturated heterocycles. The number of hydrogen-bond donors (Lipinski definition) is 2. The van der Waals surface area contributed by atoms with E-state index >= 15 is 0 Å². The predicted molar refractivity (Wildman–Crippen MR) is 115 cm³/mol. The average Bonchev–Trinajstić information content (AvgIpc) is 2.75. The molecule has 1 aliphatic rings. The number of nitrogens with zero attached hydrogens (tertiary/aromatic N) is 2. The van der Waals surface area contributed by atoms with Crippen LogP contribution in [0.5, 0.6) is 5.75 Å². The number of carbonyl (C=O) groups excluding carboxylic acids is 2. The van der Waals surface area contributed by atoms with Gasteiger partial charge in [0.05, 0.1) is 12.8 Å². The first-order valence-electron chi connectivity index (χ1n) is 9.52. The molecule has 0 bridgehead atoms. The third-order valence-electron chi connectivity index (χ3n) is 4.84. The fraction of sp³-hybridized carbons (Fsp3) is 0.333. The van der Waals surface area contributed by atoms with Gasteiger partial charge < -0.3 is 20.3 Å². The number of anilines is 2. The van der Waals surface area contributed by atoms with Crippen LogP contribution in [-0.2, 0) is 9.59 Å². The lowest BCUT2D eigenvalue weighted by molar-refractivity contribution is -0.136. The van der Waals surface area contributed by atoms with E-state index in [4.69, 9.17) is 16.3 Å². The quantitative estimate of drug-likeness (QED) is 0.706. The van der Waals surface area contributed by atoms with Crippen LogP contribution in [0.15, 0.2) is 48.5 Å². The number of nitrogens with one attached hydrogen (secondary N) is 2. The van der Waals surface area contributed by atoms with Crippen LogP contribution in [0.4, 0.5) is 11.4 Å². The molecule has 0 aromatic heterocycles. The van der Waals surface area contributed by atoms with Gasteiger partial charge in [0, 0.05) is 50.0 Å². The Labute approximate surface area is 175 Å². The van der Waals surface area contributed by atoms with Gasteiger partial charge in [-0.1, -0.05) is 23.7 Å². The zero-order valence-electron chi connectivity index (χ0n) is 16.4. The Morgan fingerprint density at radius 1 is 1.00 bits per heavy atom. The van der Waals surface area contributed by atoms with E-state index in [0.717, 1.165) is 36.9 Å². The van der Waals surface area contributed by atoms with E-state index in [9.17, 15) is 9.59 Å². The molecule has 1 heterocycles. The minimum absolute atomic E-state index is 0.416. The molecule has 7 nitrogen and oxygen atoms in total.